The van der Waals surface area contributed by atoms with Gasteiger partial charge in [-0.25, -0.2) is 4.98 Å². The molecule has 6 nitrogen and oxygen atoms in total. The van der Waals surface area contributed by atoms with Gasteiger partial charge in [0, 0.05) is 18.9 Å². The Morgan fingerprint density at radius 1 is 1.37 bits per heavy atom. The van der Waals surface area contributed by atoms with Gasteiger partial charge in [-0.1, -0.05) is 6.07 Å². The van der Waals surface area contributed by atoms with E-state index in [9.17, 15) is 4.79 Å². The van der Waals surface area contributed by atoms with Crippen molar-refractivity contribution in [2.45, 2.75) is 13.1 Å². The summed E-state index contributed by atoms with van der Waals surface area (Å²) in [5.74, 6) is 1.50. The smallest absolute Gasteiger partial charge is 0.262 e. The molecule has 6 heteroatoms. The minimum Gasteiger partial charge on any atom is -0.482 e. The normalized spacial score (nSPS) is 13.6. The van der Waals surface area contributed by atoms with Gasteiger partial charge in [-0.05, 0) is 17.7 Å². The zero-order valence-electron chi connectivity index (χ0n) is 10.3. The Kier molecular flexibility index (Phi) is 3.16. The molecule has 1 aromatic carbocycles. The molecule has 0 saturated carbocycles. The van der Waals surface area contributed by atoms with Gasteiger partial charge in [0.1, 0.15) is 11.6 Å². The fraction of sp³-hybridized carbons (Fsp3) is 0.231. The first kappa shape index (κ1) is 11.7. The zero-order valence-corrected chi connectivity index (χ0v) is 10.3. The number of aromatic nitrogens is 2. The monoisotopic (exact) mass is 258 g/mol. The zero-order chi connectivity index (χ0) is 13.1. The second-order valence-electron chi connectivity index (χ2n) is 4.31. The molecular weight excluding hydrogens is 244 g/mol. The quantitative estimate of drug-likeness (QED) is 0.765. The number of H-pyrrole nitrogens is 1. The fourth-order valence-corrected chi connectivity index (χ4v) is 1.96. The summed E-state index contributed by atoms with van der Waals surface area (Å²) in [6.45, 7) is 1.46. The fourth-order valence-electron chi connectivity index (χ4n) is 1.96. The first-order valence-corrected chi connectivity index (χ1v) is 6.06. The van der Waals surface area contributed by atoms with Crippen molar-refractivity contribution in [3.8, 4) is 5.75 Å². The molecule has 3 rings (SSSR count). The number of rotatable bonds is 4. The molecule has 2 aromatic rings. The van der Waals surface area contributed by atoms with Crippen molar-refractivity contribution in [2.24, 2.45) is 0 Å². The molecule has 0 bridgehead atoms. The summed E-state index contributed by atoms with van der Waals surface area (Å²) in [7, 11) is 0. The van der Waals surface area contributed by atoms with Crippen molar-refractivity contribution >= 4 is 11.6 Å². The van der Waals surface area contributed by atoms with Crippen molar-refractivity contribution in [2.75, 3.05) is 11.9 Å². The lowest BCUT2D eigenvalue weighted by Crippen LogP contribution is -2.25. The van der Waals surface area contributed by atoms with E-state index in [4.69, 9.17) is 4.74 Å². The van der Waals surface area contributed by atoms with Gasteiger partial charge in [-0.15, -0.1) is 0 Å². The first-order chi connectivity index (χ1) is 9.31. The molecule has 98 valence electrons. The van der Waals surface area contributed by atoms with Crippen LogP contribution in [0.15, 0.2) is 30.6 Å². The molecule has 1 aromatic heterocycles. The molecule has 0 aliphatic carbocycles. The summed E-state index contributed by atoms with van der Waals surface area (Å²) in [4.78, 5) is 18.4. The largest absolute Gasteiger partial charge is 0.482 e. The van der Waals surface area contributed by atoms with Crippen LogP contribution in [0.5, 0.6) is 5.75 Å². The molecule has 0 atom stereocenters. The number of nitrogens with zero attached hydrogens (tertiary/aromatic N) is 1. The first-order valence-electron chi connectivity index (χ1n) is 6.06. The van der Waals surface area contributed by atoms with Crippen LogP contribution in [0.4, 0.5) is 5.69 Å². The molecule has 19 heavy (non-hydrogen) atoms. The predicted octanol–water partition coefficient (Wildman–Crippen LogP) is 1.03. The highest BCUT2D eigenvalue weighted by atomic mass is 16.5. The molecule has 0 spiro atoms. The van der Waals surface area contributed by atoms with Crippen LogP contribution >= 0.6 is 0 Å². The van der Waals surface area contributed by atoms with Crippen LogP contribution in [-0.2, 0) is 17.9 Å². The molecular formula is C13H14N4O2. The van der Waals surface area contributed by atoms with Crippen LogP contribution < -0.4 is 15.4 Å². The Morgan fingerprint density at radius 2 is 2.32 bits per heavy atom. The number of ether oxygens (including phenoxy) is 1. The number of anilines is 1. The minimum atomic E-state index is -0.117. The molecule has 1 amide bonds. The number of aromatic amines is 1. The maximum Gasteiger partial charge on any atom is 0.262 e. The third-order valence-corrected chi connectivity index (χ3v) is 2.85. The number of hydrogen-bond donors (Lipinski definition) is 3. The third-order valence-electron chi connectivity index (χ3n) is 2.85. The molecule has 1 aliphatic rings. The van der Waals surface area contributed by atoms with Crippen LogP contribution in [0.1, 0.15) is 11.4 Å². The highest BCUT2D eigenvalue weighted by Gasteiger charge is 2.15. The second-order valence-corrected chi connectivity index (χ2v) is 4.31. The van der Waals surface area contributed by atoms with E-state index in [-0.39, 0.29) is 12.5 Å². The van der Waals surface area contributed by atoms with Crippen LogP contribution in [0, 0.1) is 0 Å². The third kappa shape index (κ3) is 2.74. The van der Waals surface area contributed by atoms with E-state index in [2.05, 4.69) is 20.6 Å². The number of imidazole rings is 1. The summed E-state index contributed by atoms with van der Waals surface area (Å²) in [5, 5.41) is 6.07. The predicted molar refractivity (Wildman–Crippen MR) is 69.7 cm³/mol. The van der Waals surface area contributed by atoms with Crippen molar-refractivity contribution in [1.29, 1.82) is 0 Å². The number of fused-ring (bicyclic) bond motifs is 1. The molecule has 1 aliphatic heterocycles. The Balaban J connectivity index is 1.62. The number of nitrogens with one attached hydrogen (secondary N) is 3. The minimum absolute atomic E-state index is 0.0864. The number of benzene rings is 1. The van der Waals surface area contributed by atoms with Crippen LogP contribution in [0.2, 0.25) is 0 Å². The Morgan fingerprint density at radius 3 is 3.16 bits per heavy atom. The standard InChI is InChI=1S/C13H14N4O2/c18-13-8-19-11-2-1-9(5-10(11)17-13)6-14-7-12-15-3-4-16-12/h1-5,14H,6-8H2,(H,15,16)(H,17,18). The van der Waals surface area contributed by atoms with E-state index in [1.54, 1.807) is 12.4 Å². The topological polar surface area (TPSA) is 79.0 Å². The number of amides is 1. The van der Waals surface area contributed by atoms with Gasteiger partial charge >= 0.3 is 0 Å². The average molecular weight is 258 g/mol. The maximum atomic E-state index is 11.2. The van der Waals surface area contributed by atoms with Gasteiger partial charge in [0.25, 0.3) is 5.91 Å². The molecule has 3 N–H and O–H groups in total. The molecule has 0 fully saturated rings. The van der Waals surface area contributed by atoms with Gasteiger partial charge in [0.05, 0.1) is 12.2 Å². The number of carbonyl (C=O) groups excluding carboxylic acids is 1. The average Bonchev–Trinajstić information content (AvgIpc) is 2.91. The van der Waals surface area contributed by atoms with Gasteiger partial charge in [0.2, 0.25) is 0 Å². The van der Waals surface area contributed by atoms with Crippen molar-refractivity contribution < 1.29 is 9.53 Å². The highest BCUT2D eigenvalue weighted by molar-refractivity contribution is 5.95. The van der Waals surface area contributed by atoms with Crippen LogP contribution in [0.25, 0.3) is 0 Å². The number of hydrogen-bond acceptors (Lipinski definition) is 4. The van der Waals surface area contributed by atoms with Gasteiger partial charge in [0.15, 0.2) is 6.61 Å². The summed E-state index contributed by atoms with van der Waals surface area (Å²) in [6, 6.07) is 5.77. The number of carbonyl (C=O) groups is 1. The summed E-state index contributed by atoms with van der Waals surface area (Å²) in [6.07, 6.45) is 3.52. The van der Waals surface area contributed by atoms with Crippen LogP contribution in [-0.4, -0.2) is 22.5 Å². The van der Waals surface area contributed by atoms with E-state index in [0.29, 0.717) is 13.1 Å². The van der Waals surface area contributed by atoms with Crippen molar-refractivity contribution in [1.82, 2.24) is 15.3 Å². The SMILES string of the molecule is O=C1COc2ccc(CNCc3ncc[nH]3)cc2N1. The second kappa shape index (κ2) is 5.11. The van der Waals surface area contributed by atoms with Crippen LogP contribution in [0.3, 0.4) is 0 Å². The summed E-state index contributed by atoms with van der Waals surface area (Å²) < 4.78 is 5.31. The van der Waals surface area contributed by atoms with Crippen molar-refractivity contribution in [3.63, 3.8) is 0 Å². The molecule has 0 radical (unpaired) electrons. The van der Waals surface area contributed by atoms with Gasteiger partial charge in [-0.3, -0.25) is 4.79 Å². The molecule has 2 heterocycles. The van der Waals surface area contributed by atoms with E-state index in [0.717, 1.165) is 22.8 Å². The van der Waals surface area contributed by atoms with Gasteiger partial charge in [-0.2, -0.15) is 0 Å². The van der Waals surface area contributed by atoms with Gasteiger partial charge < -0.3 is 20.4 Å². The maximum absolute atomic E-state index is 11.2. The highest BCUT2D eigenvalue weighted by Crippen LogP contribution is 2.28. The lowest BCUT2D eigenvalue weighted by molar-refractivity contribution is -0.118. The van der Waals surface area contributed by atoms with E-state index < -0.39 is 0 Å². The lowest BCUT2D eigenvalue weighted by atomic mass is 10.1. The molecule has 0 saturated heterocycles. The Labute approximate surface area is 110 Å². The summed E-state index contributed by atoms with van der Waals surface area (Å²) in [5.41, 5.74) is 1.81. The summed E-state index contributed by atoms with van der Waals surface area (Å²) >= 11 is 0. The van der Waals surface area contributed by atoms with E-state index in [1.807, 2.05) is 18.2 Å². The molecule has 0 unspecified atom stereocenters. The van der Waals surface area contributed by atoms with Crippen molar-refractivity contribution in [3.05, 3.63) is 42.0 Å². The van der Waals surface area contributed by atoms with E-state index >= 15 is 0 Å². The lowest BCUT2D eigenvalue weighted by Gasteiger charge is -2.18. The Bertz CT molecular complexity index is 580. The van der Waals surface area contributed by atoms with E-state index in [1.165, 1.54) is 0 Å². The Hall–Kier alpha value is -2.34.